The largest absolute Gasteiger partial charge is 0.454 e. The van der Waals surface area contributed by atoms with Gasteiger partial charge in [0.05, 0.1) is 10.5 Å². The van der Waals surface area contributed by atoms with Crippen molar-refractivity contribution in [1.82, 2.24) is 4.72 Å². The number of benzene rings is 2. The number of carbonyl (C=O) groups excluding carboxylic acids is 2. The molecule has 2 aromatic carbocycles. The van der Waals surface area contributed by atoms with Gasteiger partial charge in [0.2, 0.25) is 10.0 Å². The monoisotopic (exact) mass is 445 g/mol. The second kappa shape index (κ2) is 9.32. The molecular weight excluding hydrogens is 414 g/mol. The number of carbonyl (C=O) groups is 2. The van der Waals surface area contributed by atoms with E-state index in [9.17, 15) is 18.0 Å². The highest BCUT2D eigenvalue weighted by atomic mass is 32.2. The summed E-state index contributed by atoms with van der Waals surface area (Å²) in [6.07, 6.45) is 0. The van der Waals surface area contributed by atoms with Crippen molar-refractivity contribution in [2.24, 2.45) is 5.41 Å². The molecular formula is C24H31NO5S. The number of hydrogen-bond donors (Lipinski definition) is 1. The summed E-state index contributed by atoms with van der Waals surface area (Å²) in [5.74, 6) is -0.758. The van der Waals surface area contributed by atoms with Gasteiger partial charge in [-0.3, -0.25) is 4.79 Å². The van der Waals surface area contributed by atoms with E-state index in [1.165, 1.54) is 0 Å². The van der Waals surface area contributed by atoms with Gasteiger partial charge in [0, 0.05) is 12.0 Å². The summed E-state index contributed by atoms with van der Waals surface area (Å²) in [6, 6.07) is 13.2. The van der Waals surface area contributed by atoms with Crippen LogP contribution in [0.25, 0.3) is 0 Å². The predicted octanol–water partition coefficient (Wildman–Crippen LogP) is 4.23. The Balaban J connectivity index is 1.97. The summed E-state index contributed by atoms with van der Waals surface area (Å²) >= 11 is 0. The molecule has 0 heterocycles. The number of nitrogens with one attached hydrogen (secondary N) is 1. The maximum atomic E-state index is 12.6. The topological polar surface area (TPSA) is 89.5 Å². The number of hydrogen-bond acceptors (Lipinski definition) is 5. The lowest BCUT2D eigenvalue weighted by atomic mass is 9.87. The Hall–Kier alpha value is -2.51. The van der Waals surface area contributed by atoms with Gasteiger partial charge in [0.15, 0.2) is 12.4 Å². The predicted molar refractivity (Wildman–Crippen MR) is 120 cm³/mol. The quantitative estimate of drug-likeness (QED) is 0.644. The molecule has 0 aliphatic carbocycles. The van der Waals surface area contributed by atoms with Gasteiger partial charge in [0.25, 0.3) is 0 Å². The number of sulfonamides is 1. The van der Waals surface area contributed by atoms with Crippen molar-refractivity contribution in [3.63, 3.8) is 0 Å². The lowest BCUT2D eigenvalue weighted by Crippen LogP contribution is -2.26. The zero-order chi connectivity index (χ0) is 23.4. The second-order valence-electron chi connectivity index (χ2n) is 9.55. The van der Waals surface area contributed by atoms with Crippen LogP contribution in [0.15, 0.2) is 53.4 Å². The summed E-state index contributed by atoms with van der Waals surface area (Å²) < 4.78 is 32.7. The molecule has 0 bridgehead atoms. The van der Waals surface area contributed by atoms with E-state index in [0.717, 1.165) is 5.56 Å². The van der Waals surface area contributed by atoms with Gasteiger partial charge in [-0.2, -0.15) is 0 Å². The van der Waals surface area contributed by atoms with Crippen LogP contribution in [0.5, 0.6) is 0 Å². The fourth-order valence-corrected chi connectivity index (χ4v) is 3.60. The summed E-state index contributed by atoms with van der Waals surface area (Å²) in [6.45, 7) is 11.3. The zero-order valence-electron chi connectivity index (χ0n) is 19.0. The van der Waals surface area contributed by atoms with Crippen molar-refractivity contribution in [1.29, 1.82) is 0 Å². The van der Waals surface area contributed by atoms with Gasteiger partial charge in [0.1, 0.15) is 0 Å². The Labute approximate surface area is 185 Å². The van der Waals surface area contributed by atoms with Crippen LogP contribution in [0.3, 0.4) is 0 Å². The summed E-state index contributed by atoms with van der Waals surface area (Å²) in [7, 11) is -3.66. The molecule has 0 saturated carbocycles. The second-order valence-corrected chi connectivity index (χ2v) is 11.3. The number of esters is 1. The van der Waals surface area contributed by atoms with E-state index in [-0.39, 0.29) is 29.2 Å². The maximum Gasteiger partial charge on any atom is 0.338 e. The third-order valence-electron chi connectivity index (χ3n) is 4.86. The minimum atomic E-state index is -3.66. The van der Waals surface area contributed by atoms with E-state index in [0.29, 0.717) is 11.1 Å². The molecule has 0 saturated heterocycles. The van der Waals surface area contributed by atoms with E-state index in [1.54, 1.807) is 57.2 Å². The first-order valence-electron chi connectivity index (χ1n) is 10.1. The minimum Gasteiger partial charge on any atom is -0.454 e. The molecule has 0 atom stereocenters. The molecule has 0 aromatic heterocycles. The molecule has 1 N–H and O–H groups in total. The standard InChI is InChI=1S/C24H31NO5S/c1-23(2,3)19-11-13-20(14-12-19)31(28,29)25-15-17-7-9-18(10-8-17)22(27)30-16-21(26)24(4,5)6/h7-14,25H,15-16H2,1-6H3. The molecule has 0 amide bonds. The molecule has 0 aliphatic rings. The van der Waals surface area contributed by atoms with E-state index >= 15 is 0 Å². The fraction of sp³-hybridized carbons (Fsp3) is 0.417. The number of rotatable bonds is 7. The summed E-state index contributed by atoms with van der Waals surface area (Å²) in [5, 5.41) is 0. The van der Waals surface area contributed by atoms with E-state index in [2.05, 4.69) is 25.5 Å². The van der Waals surface area contributed by atoms with Gasteiger partial charge in [-0.1, -0.05) is 65.8 Å². The van der Waals surface area contributed by atoms with Crippen LogP contribution >= 0.6 is 0 Å². The first kappa shape index (κ1) is 24.8. The number of ketones is 1. The van der Waals surface area contributed by atoms with E-state index in [1.807, 2.05) is 12.1 Å². The SMILES string of the molecule is CC(C)(C)C(=O)COC(=O)c1ccc(CNS(=O)(=O)c2ccc(C(C)(C)C)cc2)cc1. The molecule has 7 heteroatoms. The summed E-state index contributed by atoms with van der Waals surface area (Å²) in [4.78, 5) is 24.2. The van der Waals surface area contributed by atoms with Crippen LogP contribution in [0.2, 0.25) is 0 Å². The smallest absolute Gasteiger partial charge is 0.338 e. The van der Waals surface area contributed by atoms with E-state index in [4.69, 9.17) is 4.74 Å². The molecule has 0 spiro atoms. The third kappa shape index (κ3) is 7.01. The van der Waals surface area contributed by atoms with Crippen molar-refractivity contribution >= 4 is 21.8 Å². The number of ether oxygens (including phenoxy) is 1. The molecule has 0 radical (unpaired) electrons. The van der Waals surface area contributed by atoms with Gasteiger partial charge in [-0.05, 0) is 40.8 Å². The Bertz CT molecular complexity index is 1030. The minimum absolute atomic E-state index is 0.0569. The Kier molecular flexibility index (Phi) is 7.44. The van der Waals surface area contributed by atoms with Crippen molar-refractivity contribution in [3.8, 4) is 0 Å². The molecule has 2 aromatic rings. The van der Waals surface area contributed by atoms with Crippen LogP contribution in [0, 0.1) is 5.41 Å². The average Bonchev–Trinajstić information content (AvgIpc) is 2.69. The molecule has 168 valence electrons. The van der Waals surface area contributed by atoms with E-state index < -0.39 is 21.4 Å². The highest BCUT2D eigenvalue weighted by Crippen LogP contribution is 2.23. The van der Waals surface area contributed by atoms with Crippen molar-refractivity contribution in [3.05, 3.63) is 65.2 Å². The highest BCUT2D eigenvalue weighted by Gasteiger charge is 2.23. The zero-order valence-corrected chi connectivity index (χ0v) is 19.8. The fourth-order valence-electron chi connectivity index (χ4n) is 2.59. The van der Waals surface area contributed by atoms with Crippen LogP contribution in [-0.4, -0.2) is 26.8 Å². The van der Waals surface area contributed by atoms with Gasteiger partial charge >= 0.3 is 5.97 Å². The maximum absolute atomic E-state index is 12.6. The summed E-state index contributed by atoms with van der Waals surface area (Å²) in [5.41, 5.74) is 1.41. The van der Waals surface area contributed by atoms with Crippen molar-refractivity contribution in [2.45, 2.75) is 58.4 Å². The van der Waals surface area contributed by atoms with Crippen molar-refractivity contribution < 1.29 is 22.7 Å². The molecule has 6 nitrogen and oxygen atoms in total. The molecule has 0 unspecified atom stereocenters. The first-order chi connectivity index (χ1) is 14.2. The van der Waals surface area contributed by atoms with Gasteiger partial charge in [-0.25, -0.2) is 17.9 Å². The molecule has 0 aliphatic heterocycles. The van der Waals surface area contributed by atoms with Crippen LogP contribution < -0.4 is 4.72 Å². The van der Waals surface area contributed by atoms with Crippen LogP contribution in [0.4, 0.5) is 0 Å². The first-order valence-corrected chi connectivity index (χ1v) is 11.6. The molecule has 31 heavy (non-hydrogen) atoms. The Morgan fingerprint density at radius 1 is 0.871 bits per heavy atom. The lowest BCUT2D eigenvalue weighted by Gasteiger charge is -2.19. The molecule has 0 fully saturated rings. The average molecular weight is 446 g/mol. The normalized spacial score (nSPS) is 12.5. The van der Waals surface area contributed by atoms with Gasteiger partial charge < -0.3 is 4.74 Å². The third-order valence-corrected chi connectivity index (χ3v) is 6.27. The Morgan fingerprint density at radius 2 is 1.42 bits per heavy atom. The van der Waals surface area contributed by atoms with Gasteiger partial charge in [-0.15, -0.1) is 0 Å². The lowest BCUT2D eigenvalue weighted by molar-refractivity contribution is -0.129. The van der Waals surface area contributed by atoms with Crippen LogP contribution in [-0.2, 0) is 31.5 Å². The number of Topliss-reactive ketones (excluding diaryl/α,β-unsaturated/α-hetero) is 1. The highest BCUT2D eigenvalue weighted by molar-refractivity contribution is 7.89. The molecule has 2 rings (SSSR count). The Morgan fingerprint density at radius 3 is 1.90 bits per heavy atom. The van der Waals surface area contributed by atoms with Crippen LogP contribution in [0.1, 0.15) is 63.0 Å². The van der Waals surface area contributed by atoms with Crippen molar-refractivity contribution in [2.75, 3.05) is 6.61 Å².